The Balaban J connectivity index is 1.65. The molecule has 0 fully saturated rings. The van der Waals surface area contributed by atoms with Crippen LogP contribution < -0.4 is 5.32 Å². The summed E-state index contributed by atoms with van der Waals surface area (Å²) in [6, 6.07) is 5.45. The number of benzene rings is 1. The van der Waals surface area contributed by atoms with Crippen molar-refractivity contribution in [2.45, 2.75) is 25.4 Å². The lowest BCUT2D eigenvalue weighted by molar-refractivity contribution is -0.137. The Morgan fingerprint density at radius 1 is 1.18 bits per heavy atom. The van der Waals surface area contributed by atoms with E-state index in [2.05, 4.69) is 16.8 Å². The van der Waals surface area contributed by atoms with Crippen molar-refractivity contribution in [2.24, 2.45) is 0 Å². The van der Waals surface area contributed by atoms with E-state index in [0.717, 1.165) is 62.3 Å². The summed E-state index contributed by atoms with van der Waals surface area (Å²) in [4.78, 5) is 2.24. The molecule has 0 amide bonds. The Bertz CT molecular complexity index is 599. The lowest BCUT2D eigenvalue weighted by Crippen LogP contribution is -2.28. The van der Waals surface area contributed by atoms with Crippen LogP contribution in [-0.2, 0) is 12.6 Å². The van der Waals surface area contributed by atoms with E-state index in [1.54, 1.807) is 12.1 Å². The number of nitrogens with zero attached hydrogens (tertiary/aromatic N) is 1. The van der Waals surface area contributed by atoms with Gasteiger partial charge in [0.15, 0.2) is 0 Å². The van der Waals surface area contributed by atoms with Crippen LogP contribution in [0.3, 0.4) is 0 Å². The molecule has 0 saturated carbocycles. The fourth-order valence-corrected chi connectivity index (χ4v) is 3.14. The maximum atomic E-state index is 12.6. The highest BCUT2D eigenvalue weighted by molar-refractivity contribution is 5.33. The van der Waals surface area contributed by atoms with E-state index < -0.39 is 11.7 Å². The normalized spacial score (nSPS) is 18.9. The van der Waals surface area contributed by atoms with Gasteiger partial charge < -0.3 is 10.2 Å². The second kappa shape index (κ2) is 5.80. The summed E-state index contributed by atoms with van der Waals surface area (Å²) in [5.41, 5.74) is 4.19. The van der Waals surface area contributed by atoms with Crippen molar-refractivity contribution in [3.05, 3.63) is 58.9 Å². The Morgan fingerprint density at radius 3 is 2.59 bits per heavy atom. The number of nitrogens with one attached hydrogen (secondary N) is 1. The monoisotopic (exact) mass is 308 g/mol. The van der Waals surface area contributed by atoms with E-state index in [9.17, 15) is 13.2 Å². The molecule has 0 saturated heterocycles. The van der Waals surface area contributed by atoms with Crippen molar-refractivity contribution in [2.75, 3.05) is 19.6 Å². The first-order chi connectivity index (χ1) is 10.4. The predicted molar refractivity (Wildman–Crippen MR) is 80.1 cm³/mol. The van der Waals surface area contributed by atoms with Gasteiger partial charge in [-0.15, -0.1) is 0 Å². The van der Waals surface area contributed by atoms with Crippen LogP contribution in [0.1, 0.15) is 24.0 Å². The highest BCUT2D eigenvalue weighted by Crippen LogP contribution is 2.34. The molecule has 0 aliphatic carbocycles. The fraction of sp³-hybridized carbons (Fsp3) is 0.412. The van der Waals surface area contributed by atoms with Gasteiger partial charge in [-0.05, 0) is 29.7 Å². The summed E-state index contributed by atoms with van der Waals surface area (Å²) >= 11 is 0. The molecular weight excluding hydrogens is 289 g/mol. The molecule has 0 unspecified atom stereocenters. The minimum absolute atomic E-state index is 0.592. The molecule has 0 atom stereocenters. The van der Waals surface area contributed by atoms with Crippen LogP contribution in [0.4, 0.5) is 13.2 Å². The third-order valence-electron chi connectivity index (χ3n) is 4.32. The van der Waals surface area contributed by atoms with Crippen molar-refractivity contribution in [1.29, 1.82) is 0 Å². The Morgan fingerprint density at radius 2 is 1.91 bits per heavy atom. The van der Waals surface area contributed by atoms with E-state index in [0.29, 0.717) is 0 Å². The summed E-state index contributed by atoms with van der Waals surface area (Å²) in [7, 11) is 0. The third kappa shape index (κ3) is 3.04. The largest absolute Gasteiger partial charge is 0.416 e. The van der Waals surface area contributed by atoms with E-state index in [-0.39, 0.29) is 0 Å². The van der Waals surface area contributed by atoms with E-state index in [1.807, 2.05) is 0 Å². The molecule has 3 rings (SSSR count). The predicted octanol–water partition coefficient (Wildman–Crippen LogP) is 3.71. The number of hydrogen-bond donors (Lipinski definition) is 1. The van der Waals surface area contributed by atoms with Gasteiger partial charge in [-0.25, -0.2) is 0 Å². The number of rotatable bonds is 3. The highest BCUT2D eigenvalue weighted by Gasteiger charge is 2.30. The first-order valence-electron chi connectivity index (χ1n) is 7.48. The van der Waals surface area contributed by atoms with Gasteiger partial charge in [-0.2, -0.15) is 13.2 Å². The number of allylic oxidation sites excluding steroid dienone is 1. The van der Waals surface area contributed by atoms with Gasteiger partial charge in [0.1, 0.15) is 0 Å². The zero-order chi connectivity index (χ0) is 15.7. The van der Waals surface area contributed by atoms with Crippen LogP contribution in [0.25, 0.3) is 0 Å². The summed E-state index contributed by atoms with van der Waals surface area (Å²) in [5.74, 6) is 0. The highest BCUT2D eigenvalue weighted by atomic mass is 19.4. The van der Waals surface area contributed by atoms with Gasteiger partial charge in [0.25, 0.3) is 0 Å². The van der Waals surface area contributed by atoms with Gasteiger partial charge in [0, 0.05) is 43.9 Å². The van der Waals surface area contributed by atoms with Crippen LogP contribution in [0.2, 0.25) is 0 Å². The van der Waals surface area contributed by atoms with Crippen LogP contribution in [0, 0.1) is 0 Å². The molecule has 0 radical (unpaired) electrons. The van der Waals surface area contributed by atoms with Crippen LogP contribution in [-0.4, -0.2) is 24.5 Å². The van der Waals surface area contributed by atoms with Gasteiger partial charge in [-0.3, -0.25) is 0 Å². The zero-order valence-corrected chi connectivity index (χ0v) is 12.3. The van der Waals surface area contributed by atoms with Crippen LogP contribution in [0.5, 0.6) is 0 Å². The van der Waals surface area contributed by atoms with Crippen molar-refractivity contribution in [1.82, 2.24) is 10.2 Å². The molecule has 2 aliphatic rings. The maximum absolute atomic E-state index is 12.6. The minimum atomic E-state index is -4.27. The second-order valence-electron chi connectivity index (χ2n) is 5.82. The fourth-order valence-electron chi connectivity index (χ4n) is 3.14. The molecule has 5 heteroatoms. The smallest absolute Gasteiger partial charge is 0.348 e. The molecule has 0 spiro atoms. The molecule has 22 heavy (non-hydrogen) atoms. The SMILES string of the molecule is C=C1CC2=C(CCNC2)N1CCc1ccc(C(F)(F)F)cc1. The number of alkyl halides is 3. The molecule has 118 valence electrons. The van der Waals surface area contributed by atoms with E-state index in [1.165, 1.54) is 11.3 Å². The summed E-state index contributed by atoms with van der Waals surface area (Å²) in [6.07, 6.45) is -1.63. The molecule has 1 N–H and O–H groups in total. The van der Waals surface area contributed by atoms with Gasteiger partial charge >= 0.3 is 6.18 Å². The molecular formula is C17H19F3N2. The quantitative estimate of drug-likeness (QED) is 0.915. The molecule has 1 aromatic rings. The average molecular weight is 308 g/mol. The average Bonchev–Trinajstić information content (AvgIpc) is 2.80. The van der Waals surface area contributed by atoms with E-state index >= 15 is 0 Å². The summed E-state index contributed by atoms with van der Waals surface area (Å²) < 4.78 is 37.7. The van der Waals surface area contributed by atoms with Crippen molar-refractivity contribution >= 4 is 0 Å². The minimum Gasteiger partial charge on any atom is -0.348 e. The Labute approximate surface area is 128 Å². The first-order valence-corrected chi connectivity index (χ1v) is 7.48. The standard InChI is InChI=1S/C17H19F3N2/c1-12-10-14-11-21-8-6-16(14)22(12)9-7-13-2-4-15(5-3-13)17(18,19)20/h2-5,21H,1,6-11H2. The molecule has 2 aliphatic heterocycles. The topological polar surface area (TPSA) is 15.3 Å². The van der Waals surface area contributed by atoms with Gasteiger partial charge in [-0.1, -0.05) is 18.7 Å². The van der Waals surface area contributed by atoms with E-state index in [4.69, 9.17) is 0 Å². The lowest BCUT2D eigenvalue weighted by Gasteiger charge is -2.26. The van der Waals surface area contributed by atoms with Crippen molar-refractivity contribution < 1.29 is 13.2 Å². The van der Waals surface area contributed by atoms with Crippen LogP contribution in [0.15, 0.2) is 47.8 Å². The molecule has 0 bridgehead atoms. The second-order valence-corrected chi connectivity index (χ2v) is 5.82. The zero-order valence-electron chi connectivity index (χ0n) is 12.3. The van der Waals surface area contributed by atoms with Crippen LogP contribution >= 0.6 is 0 Å². The van der Waals surface area contributed by atoms with Crippen molar-refractivity contribution in [3.63, 3.8) is 0 Å². The Hall–Kier alpha value is -1.75. The molecule has 1 aromatic carbocycles. The van der Waals surface area contributed by atoms with Gasteiger partial charge in [0.05, 0.1) is 5.56 Å². The maximum Gasteiger partial charge on any atom is 0.416 e. The van der Waals surface area contributed by atoms with Crippen molar-refractivity contribution in [3.8, 4) is 0 Å². The first kappa shape index (κ1) is 15.2. The molecule has 0 aromatic heterocycles. The number of halogens is 3. The van der Waals surface area contributed by atoms with Gasteiger partial charge in [0.2, 0.25) is 0 Å². The molecule has 2 nitrogen and oxygen atoms in total. The lowest BCUT2D eigenvalue weighted by atomic mass is 10.1. The third-order valence-corrected chi connectivity index (χ3v) is 4.32. The summed E-state index contributed by atoms with van der Waals surface area (Å²) in [6.45, 7) is 6.80. The summed E-state index contributed by atoms with van der Waals surface area (Å²) in [5, 5.41) is 3.36. The Kier molecular flexibility index (Phi) is 4.00. The molecule has 2 heterocycles. The number of hydrogen-bond acceptors (Lipinski definition) is 2.